The molecule has 0 radical (unpaired) electrons. The molecular formula is C14H27N3O. The summed E-state index contributed by atoms with van der Waals surface area (Å²) in [5.74, 6) is 0.795. The Labute approximate surface area is 110 Å². The average Bonchev–Trinajstić information content (AvgIpc) is 2.34. The van der Waals surface area contributed by atoms with E-state index in [2.05, 4.69) is 4.90 Å². The number of hydrogen-bond donors (Lipinski definition) is 3. The van der Waals surface area contributed by atoms with Crippen LogP contribution in [0.3, 0.4) is 0 Å². The molecule has 0 aromatic carbocycles. The summed E-state index contributed by atoms with van der Waals surface area (Å²) in [5.41, 5.74) is 5.00. The molecule has 18 heavy (non-hydrogen) atoms. The van der Waals surface area contributed by atoms with E-state index in [1.54, 1.807) is 0 Å². The number of rotatable bonds is 5. The SMILES string of the molecule is N=C(N)CCCCN1CCC2(O)CCCCC2C1. The average molecular weight is 253 g/mol. The lowest BCUT2D eigenvalue weighted by molar-refractivity contribution is -0.0953. The molecule has 0 spiro atoms. The molecule has 0 aromatic rings. The van der Waals surface area contributed by atoms with Gasteiger partial charge in [0.05, 0.1) is 11.4 Å². The van der Waals surface area contributed by atoms with Crippen LogP contribution in [-0.4, -0.2) is 41.1 Å². The van der Waals surface area contributed by atoms with E-state index < -0.39 is 0 Å². The van der Waals surface area contributed by atoms with Gasteiger partial charge in [-0.15, -0.1) is 0 Å². The predicted molar refractivity (Wildman–Crippen MR) is 73.7 cm³/mol. The van der Waals surface area contributed by atoms with Gasteiger partial charge in [0, 0.05) is 25.4 Å². The predicted octanol–water partition coefficient (Wildman–Crippen LogP) is 1.72. The lowest BCUT2D eigenvalue weighted by Crippen LogP contribution is -2.53. The van der Waals surface area contributed by atoms with Crippen LogP contribution in [-0.2, 0) is 0 Å². The molecular weight excluding hydrogens is 226 g/mol. The van der Waals surface area contributed by atoms with Crippen molar-refractivity contribution < 1.29 is 5.11 Å². The second-order valence-electron chi connectivity index (χ2n) is 6.08. The van der Waals surface area contributed by atoms with Crippen LogP contribution in [0.2, 0.25) is 0 Å². The topological polar surface area (TPSA) is 73.3 Å². The van der Waals surface area contributed by atoms with Crippen molar-refractivity contribution in [3.63, 3.8) is 0 Å². The number of nitrogens with two attached hydrogens (primary N) is 1. The number of likely N-dealkylation sites (tertiary alicyclic amines) is 1. The molecule has 1 heterocycles. The summed E-state index contributed by atoms with van der Waals surface area (Å²) in [7, 11) is 0. The fraction of sp³-hybridized carbons (Fsp3) is 0.929. The van der Waals surface area contributed by atoms with Crippen LogP contribution in [0.25, 0.3) is 0 Å². The number of fused-ring (bicyclic) bond motifs is 1. The molecule has 2 aliphatic rings. The second-order valence-corrected chi connectivity index (χ2v) is 6.08. The number of amidine groups is 1. The van der Waals surface area contributed by atoms with Gasteiger partial charge in [-0.1, -0.05) is 12.8 Å². The maximum atomic E-state index is 10.6. The third-order valence-corrected chi connectivity index (χ3v) is 4.68. The summed E-state index contributed by atoms with van der Waals surface area (Å²) >= 11 is 0. The molecule has 104 valence electrons. The highest BCUT2D eigenvalue weighted by molar-refractivity contribution is 5.76. The van der Waals surface area contributed by atoms with E-state index in [-0.39, 0.29) is 5.60 Å². The molecule has 1 saturated carbocycles. The number of unbranched alkanes of at least 4 members (excludes halogenated alkanes) is 1. The molecule has 1 saturated heterocycles. The fourth-order valence-corrected chi connectivity index (χ4v) is 3.49. The van der Waals surface area contributed by atoms with Gasteiger partial charge in [-0.25, -0.2) is 0 Å². The number of nitrogens with one attached hydrogen (secondary N) is 1. The van der Waals surface area contributed by atoms with E-state index in [9.17, 15) is 5.11 Å². The van der Waals surface area contributed by atoms with Gasteiger partial charge in [0.1, 0.15) is 0 Å². The summed E-state index contributed by atoms with van der Waals surface area (Å²) in [6.45, 7) is 3.20. The van der Waals surface area contributed by atoms with Gasteiger partial charge in [-0.05, 0) is 38.6 Å². The molecule has 1 aliphatic carbocycles. The van der Waals surface area contributed by atoms with Crippen LogP contribution in [0.5, 0.6) is 0 Å². The minimum Gasteiger partial charge on any atom is -0.390 e. The standard InChI is InChI=1S/C14H27N3O/c15-13(16)6-2-4-9-17-10-8-14(18)7-3-1-5-12(14)11-17/h12,18H,1-11H2,(H3,15,16). The van der Waals surface area contributed by atoms with E-state index in [1.165, 1.54) is 19.3 Å². The molecule has 1 aliphatic heterocycles. The third-order valence-electron chi connectivity index (χ3n) is 4.68. The van der Waals surface area contributed by atoms with E-state index in [1.807, 2.05) is 0 Å². The summed E-state index contributed by atoms with van der Waals surface area (Å²) in [6.07, 6.45) is 8.49. The summed E-state index contributed by atoms with van der Waals surface area (Å²) in [4.78, 5) is 2.49. The van der Waals surface area contributed by atoms with Crippen molar-refractivity contribution in [2.75, 3.05) is 19.6 Å². The Hall–Kier alpha value is -0.610. The first kappa shape index (κ1) is 13.8. The molecule has 2 fully saturated rings. The van der Waals surface area contributed by atoms with Crippen molar-refractivity contribution in [3.8, 4) is 0 Å². The largest absolute Gasteiger partial charge is 0.390 e. The molecule has 0 amide bonds. The Morgan fingerprint density at radius 1 is 1.33 bits per heavy atom. The summed E-state index contributed by atoms with van der Waals surface area (Å²) in [6, 6.07) is 0. The van der Waals surface area contributed by atoms with Crippen LogP contribution in [0.1, 0.15) is 51.4 Å². The van der Waals surface area contributed by atoms with E-state index in [0.717, 1.165) is 51.7 Å². The van der Waals surface area contributed by atoms with Crippen molar-refractivity contribution >= 4 is 5.84 Å². The van der Waals surface area contributed by atoms with Crippen molar-refractivity contribution in [1.82, 2.24) is 4.90 Å². The Bertz CT molecular complexity index is 295. The van der Waals surface area contributed by atoms with Gasteiger partial charge in [0.25, 0.3) is 0 Å². The lowest BCUT2D eigenvalue weighted by Gasteiger charge is -2.47. The number of piperidine rings is 1. The monoisotopic (exact) mass is 253 g/mol. The Morgan fingerprint density at radius 2 is 2.17 bits per heavy atom. The van der Waals surface area contributed by atoms with Crippen molar-refractivity contribution in [1.29, 1.82) is 5.41 Å². The molecule has 4 nitrogen and oxygen atoms in total. The number of hydrogen-bond acceptors (Lipinski definition) is 3. The molecule has 4 heteroatoms. The van der Waals surface area contributed by atoms with Crippen molar-refractivity contribution in [2.24, 2.45) is 11.7 Å². The van der Waals surface area contributed by atoms with Gasteiger partial charge >= 0.3 is 0 Å². The highest BCUT2D eigenvalue weighted by atomic mass is 16.3. The maximum Gasteiger partial charge on any atom is 0.0905 e. The Morgan fingerprint density at radius 3 is 2.94 bits per heavy atom. The van der Waals surface area contributed by atoms with Crippen LogP contribution in [0.4, 0.5) is 0 Å². The third kappa shape index (κ3) is 3.45. The zero-order valence-electron chi connectivity index (χ0n) is 11.3. The van der Waals surface area contributed by atoms with Gasteiger partial charge in [0.15, 0.2) is 0 Å². The van der Waals surface area contributed by atoms with Crippen LogP contribution in [0, 0.1) is 11.3 Å². The zero-order valence-corrected chi connectivity index (χ0v) is 11.3. The van der Waals surface area contributed by atoms with Crippen molar-refractivity contribution in [3.05, 3.63) is 0 Å². The Kier molecular flexibility index (Phi) is 4.62. The van der Waals surface area contributed by atoms with Gasteiger partial charge in [-0.3, -0.25) is 5.41 Å². The molecule has 4 N–H and O–H groups in total. The number of aliphatic hydroxyl groups is 1. The smallest absolute Gasteiger partial charge is 0.0905 e. The highest BCUT2D eigenvalue weighted by Crippen LogP contribution is 2.39. The van der Waals surface area contributed by atoms with Crippen molar-refractivity contribution in [2.45, 2.75) is 57.0 Å². The zero-order chi connectivity index (χ0) is 13.0. The van der Waals surface area contributed by atoms with E-state index >= 15 is 0 Å². The van der Waals surface area contributed by atoms with Gasteiger partial charge in [-0.2, -0.15) is 0 Å². The minimum atomic E-state index is -0.353. The lowest BCUT2D eigenvalue weighted by atomic mass is 9.71. The molecule has 0 bridgehead atoms. The summed E-state index contributed by atoms with van der Waals surface area (Å²) in [5, 5.41) is 17.8. The first-order chi connectivity index (χ1) is 8.60. The van der Waals surface area contributed by atoms with Crippen LogP contribution >= 0.6 is 0 Å². The first-order valence-electron chi connectivity index (χ1n) is 7.38. The van der Waals surface area contributed by atoms with Crippen LogP contribution < -0.4 is 5.73 Å². The molecule has 2 rings (SSSR count). The molecule has 2 atom stereocenters. The maximum absolute atomic E-state index is 10.6. The highest BCUT2D eigenvalue weighted by Gasteiger charge is 2.42. The quantitative estimate of drug-likeness (QED) is 0.397. The first-order valence-corrected chi connectivity index (χ1v) is 7.38. The van der Waals surface area contributed by atoms with E-state index in [0.29, 0.717) is 11.8 Å². The summed E-state index contributed by atoms with van der Waals surface area (Å²) < 4.78 is 0. The van der Waals surface area contributed by atoms with Gasteiger partial charge in [0.2, 0.25) is 0 Å². The Balaban J connectivity index is 1.71. The minimum absolute atomic E-state index is 0.301. The van der Waals surface area contributed by atoms with E-state index in [4.69, 9.17) is 11.1 Å². The fourth-order valence-electron chi connectivity index (χ4n) is 3.49. The second kappa shape index (κ2) is 6.02. The molecule has 0 aromatic heterocycles. The normalized spacial score (nSPS) is 33.1. The molecule has 2 unspecified atom stereocenters. The van der Waals surface area contributed by atoms with Crippen LogP contribution in [0.15, 0.2) is 0 Å². The van der Waals surface area contributed by atoms with Gasteiger partial charge < -0.3 is 15.7 Å². The number of nitrogens with zero attached hydrogens (tertiary/aromatic N) is 1.